The lowest BCUT2D eigenvalue weighted by molar-refractivity contribution is 0.454. The molecule has 0 saturated carbocycles. The first-order valence-corrected chi connectivity index (χ1v) is 4.03. The van der Waals surface area contributed by atoms with Gasteiger partial charge in [-0.15, -0.1) is 0 Å². The predicted molar refractivity (Wildman–Crippen MR) is 49.7 cm³/mol. The Hall–Kier alpha value is -0.370. The Labute approximate surface area is 69.5 Å². The Balaban J connectivity index is 0. The van der Waals surface area contributed by atoms with Gasteiger partial charge in [0.05, 0.1) is 0 Å². The molecular formula is C9H20FN. The molecule has 0 saturated heterocycles. The molecule has 0 atom stereocenters. The Morgan fingerprint density at radius 2 is 1.64 bits per heavy atom. The highest BCUT2D eigenvalue weighted by molar-refractivity contribution is 5.00. The molecule has 68 valence electrons. The van der Waals surface area contributed by atoms with Gasteiger partial charge in [-0.05, 0) is 26.9 Å². The zero-order valence-corrected chi connectivity index (χ0v) is 8.05. The van der Waals surface area contributed by atoms with Gasteiger partial charge >= 0.3 is 0 Å². The molecule has 2 heteroatoms. The number of likely N-dealkylation sites (N-methyl/N-ethyl adjacent to an activating group) is 1. The van der Waals surface area contributed by atoms with Crippen molar-refractivity contribution in [3.05, 3.63) is 11.6 Å². The first-order valence-electron chi connectivity index (χ1n) is 4.03. The lowest BCUT2D eigenvalue weighted by Crippen LogP contribution is -2.11. The average Bonchev–Trinajstić information content (AvgIpc) is 1.90. The van der Waals surface area contributed by atoms with Crippen LogP contribution >= 0.6 is 0 Å². The maximum absolute atomic E-state index is 2.32. The van der Waals surface area contributed by atoms with Crippen LogP contribution in [-0.2, 0) is 0 Å². The van der Waals surface area contributed by atoms with E-state index >= 15 is 0 Å². The Morgan fingerprint density at radius 1 is 1.18 bits per heavy atom. The number of nitrogens with zero attached hydrogens (tertiary/aromatic N) is 1. The minimum Gasteiger partial charge on any atom is -0.306 e. The number of hydrogen-bond acceptors (Lipinski definition) is 1. The zero-order valence-electron chi connectivity index (χ0n) is 8.05. The molecule has 0 amide bonds. The largest absolute Gasteiger partial charge is 0.306 e. The Bertz CT molecular complexity index is 102. The molecule has 0 aromatic rings. The smallest absolute Gasteiger partial charge is 0.0159 e. The molecule has 0 aliphatic carbocycles. The molecule has 0 aliphatic heterocycles. The van der Waals surface area contributed by atoms with Crippen molar-refractivity contribution in [2.75, 3.05) is 20.6 Å². The second-order valence-electron chi connectivity index (χ2n) is 2.83. The van der Waals surface area contributed by atoms with Crippen molar-refractivity contribution >= 4 is 0 Å². The van der Waals surface area contributed by atoms with Gasteiger partial charge < -0.3 is 4.90 Å². The molecule has 0 aliphatic rings. The van der Waals surface area contributed by atoms with Crippen molar-refractivity contribution < 1.29 is 4.70 Å². The van der Waals surface area contributed by atoms with Crippen molar-refractivity contribution in [3.63, 3.8) is 0 Å². The van der Waals surface area contributed by atoms with Crippen molar-refractivity contribution in [1.29, 1.82) is 0 Å². The van der Waals surface area contributed by atoms with Crippen LogP contribution in [0.4, 0.5) is 4.70 Å². The summed E-state index contributed by atoms with van der Waals surface area (Å²) in [6.45, 7) is 5.51. The molecular weight excluding hydrogens is 141 g/mol. The number of rotatable bonds is 4. The maximum atomic E-state index is 2.32. The van der Waals surface area contributed by atoms with E-state index in [9.17, 15) is 0 Å². The summed E-state index contributed by atoms with van der Waals surface area (Å²) >= 11 is 0. The summed E-state index contributed by atoms with van der Waals surface area (Å²) in [4.78, 5) is 2.19. The normalized spacial score (nSPS) is 9.18. The van der Waals surface area contributed by atoms with Crippen molar-refractivity contribution in [2.24, 2.45) is 0 Å². The highest BCUT2D eigenvalue weighted by Gasteiger charge is 1.89. The molecule has 0 rings (SSSR count). The first-order chi connectivity index (χ1) is 4.70. The van der Waals surface area contributed by atoms with Crippen LogP contribution in [0.15, 0.2) is 11.6 Å². The van der Waals surface area contributed by atoms with E-state index in [-0.39, 0.29) is 4.70 Å². The minimum absolute atomic E-state index is 0. The van der Waals surface area contributed by atoms with Crippen molar-refractivity contribution in [1.82, 2.24) is 4.90 Å². The molecule has 0 aromatic heterocycles. The summed E-state index contributed by atoms with van der Waals surface area (Å²) in [5.74, 6) is 0. The summed E-state index contributed by atoms with van der Waals surface area (Å²) in [7, 11) is 4.19. The van der Waals surface area contributed by atoms with E-state index in [0.717, 1.165) is 6.54 Å². The van der Waals surface area contributed by atoms with Crippen molar-refractivity contribution in [3.8, 4) is 0 Å². The molecule has 0 bridgehead atoms. The molecule has 0 radical (unpaired) electrons. The van der Waals surface area contributed by atoms with E-state index in [1.807, 2.05) is 0 Å². The third-order valence-electron chi connectivity index (χ3n) is 1.65. The van der Waals surface area contributed by atoms with Crippen molar-refractivity contribution in [2.45, 2.75) is 26.7 Å². The van der Waals surface area contributed by atoms with Gasteiger partial charge in [0.1, 0.15) is 0 Å². The number of allylic oxidation sites excluding steroid dienone is 1. The van der Waals surface area contributed by atoms with Gasteiger partial charge in [-0.3, -0.25) is 4.70 Å². The standard InChI is InChI=1S/C9H19N.FH/c1-5-9(6-2)7-8-10(3)4;/h7H,5-6,8H2,1-4H3;1H. The van der Waals surface area contributed by atoms with E-state index in [1.54, 1.807) is 5.57 Å². The van der Waals surface area contributed by atoms with Crippen LogP contribution in [0.5, 0.6) is 0 Å². The maximum Gasteiger partial charge on any atom is 0.0159 e. The Kier molecular flexibility index (Phi) is 9.31. The van der Waals surface area contributed by atoms with E-state index in [0.29, 0.717) is 0 Å². The number of hydrogen-bond donors (Lipinski definition) is 0. The highest BCUT2D eigenvalue weighted by Crippen LogP contribution is 2.04. The fraction of sp³-hybridized carbons (Fsp3) is 0.778. The molecule has 0 N–H and O–H groups in total. The van der Waals surface area contributed by atoms with Crippen LogP contribution in [-0.4, -0.2) is 25.5 Å². The fourth-order valence-electron chi connectivity index (χ4n) is 0.850. The van der Waals surface area contributed by atoms with Gasteiger partial charge in [0.2, 0.25) is 0 Å². The molecule has 1 nitrogen and oxygen atoms in total. The van der Waals surface area contributed by atoms with Crippen LogP contribution in [0.3, 0.4) is 0 Å². The second kappa shape index (κ2) is 7.73. The zero-order chi connectivity index (χ0) is 7.98. The SMILES string of the molecule is CCC(=CCN(C)C)CC.F. The summed E-state index contributed by atoms with van der Waals surface area (Å²) < 4.78 is 0. The van der Waals surface area contributed by atoms with Crippen LogP contribution in [0.1, 0.15) is 26.7 Å². The molecule has 0 unspecified atom stereocenters. The lowest BCUT2D eigenvalue weighted by Gasteiger charge is -2.06. The second-order valence-corrected chi connectivity index (χ2v) is 2.83. The topological polar surface area (TPSA) is 3.24 Å². The van der Waals surface area contributed by atoms with Gasteiger partial charge in [0.15, 0.2) is 0 Å². The molecule has 0 heterocycles. The third-order valence-corrected chi connectivity index (χ3v) is 1.65. The van der Waals surface area contributed by atoms with Gasteiger partial charge in [0, 0.05) is 6.54 Å². The molecule has 0 fully saturated rings. The van der Waals surface area contributed by atoms with Gasteiger partial charge in [-0.25, -0.2) is 0 Å². The summed E-state index contributed by atoms with van der Waals surface area (Å²) in [5.41, 5.74) is 1.56. The van der Waals surface area contributed by atoms with E-state index in [4.69, 9.17) is 0 Å². The number of halogens is 1. The van der Waals surface area contributed by atoms with Gasteiger partial charge in [-0.1, -0.05) is 25.5 Å². The van der Waals surface area contributed by atoms with Crippen LogP contribution in [0, 0.1) is 0 Å². The molecule has 0 aromatic carbocycles. The van der Waals surface area contributed by atoms with Crippen LogP contribution in [0.2, 0.25) is 0 Å². The summed E-state index contributed by atoms with van der Waals surface area (Å²) in [5, 5.41) is 0. The summed E-state index contributed by atoms with van der Waals surface area (Å²) in [6.07, 6.45) is 4.72. The fourth-order valence-corrected chi connectivity index (χ4v) is 0.850. The minimum atomic E-state index is 0. The molecule has 11 heavy (non-hydrogen) atoms. The van der Waals surface area contributed by atoms with E-state index < -0.39 is 0 Å². The Morgan fingerprint density at radius 3 is 1.91 bits per heavy atom. The lowest BCUT2D eigenvalue weighted by atomic mass is 10.1. The summed E-state index contributed by atoms with van der Waals surface area (Å²) in [6, 6.07) is 0. The van der Waals surface area contributed by atoms with Crippen LogP contribution < -0.4 is 0 Å². The third kappa shape index (κ3) is 7.53. The quantitative estimate of drug-likeness (QED) is 0.572. The highest BCUT2D eigenvalue weighted by atomic mass is 19.0. The van der Waals surface area contributed by atoms with Crippen LogP contribution in [0.25, 0.3) is 0 Å². The van der Waals surface area contributed by atoms with E-state index in [2.05, 4.69) is 38.9 Å². The van der Waals surface area contributed by atoms with Gasteiger partial charge in [-0.2, -0.15) is 0 Å². The van der Waals surface area contributed by atoms with Gasteiger partial charge in [0.25, 0.3) is 0 Å². The van der Waals surface area contributed by atoms with E-state index in [1.165, 1.54) is 12.8 Å². The monoisotopic (exact) mass is 161 g/mol. The molecule has 0 spiro atoms. The predicted octanol–water partition coefficient (Wildman–Crippen LogP) is 2.45. The average molecular weight is 161 g/mol. The first kappa shape index (κ1) is 13.2.